The van der Waals surface area contributed by atoms with E-state index in [1.165, 1.54) is 57.8 Å². The molecule has 0 aromatic carbocycles. The summed E-state index contributed by atoms with van der Waals surface area (Å²) in [4.78, 5) is 21.7. The summed E-state index contributed by atoms with van der Waals surface area (Å²) in [5, 5.41) is 11.1. The van der Waals surface area contributed by atoms with Crippen LogP contribution >= 0.6 is 0 Å². The molecule has 0 aromatic heterocycles. The van der Waals surface area contributed by atoms with E-state index < -0.39 is 5.97 Å². The summed E-state index contributed by atoms with van der Waals surface area (Å²) in [6, 6.07) is 0. The zero-order valence-corrected chi connectivity index (χ0v) is 16.7. The molecule has 4 nitrogen and oxygen atoms in total. The number of hydrogen-bond acceptors (Lipinski definition) is 2. The largest absolute Gasteiger partial charge is 0.481 e. The average Bonchev–Trinajstić information content (AvgIpc) is 2.44. The molecule has 0 saturated heterocycles. The number of carboxylic acids is 1. The molecule has 1 amide bonds. The minimum absolute atomic E-state index is 0. The quantitative estimate of drug-likeness (QED) is 0.355. The fourth-order valence-electron chi connectivity index (χ4n) is 2.35. The fraction of sp³-hybridized carbons (Fsp3) is 0.882. The number of nitrogens with one attached hydrogen (secondary N) is 1. The second kappa shape index (κ2) is 19.0. The van der Waals surface area contributed by atoms with Crippen LogP contribution in [0.2, 0.25) is 0 Å². The van der Waals surface area contributed by atoms with E-state index in [0.29, 0.717) is 6.42 Å². The molecule has 0 heterocycles. The SMILES string of the molecule is CCCCCCCCCCCCCC(=O)NCCC(=O)O.[Na]. The number of hydrogen-bond donors (Lipinski definition) is 2. The molecular weight excluding hydrogens is 289 g/mol. The Balaban J connectivity index is 0. The van der Waals surface area contributed by atoms with Crippen molar-refractivity contribution in [1.29, 1.82) is 0 Å². The first kappa shape index (κ1) is 24.2. The van der Waals surface area contributed by atoms with Gasteiger partial charge in [-0.3, -0.25) is 9.59 Å². The number of unbranched alkanes of at least 4 members (excludes halogenated alkanes) is 10. The Morgan fingerprint density at radius 2 is 1.23 bits per heavy atom. The molecule has 125 valence electrons. The van der Waals surface area contributed by atoms with Gasteiger partial charge in [0.25, 0.3) is 0 Å². The van der Waals surface area contributed by atoms with Gasteiger partial charge in [-0.2, -0.15) is 0 Å². The van der Waals surface area contributed by atoms with Crippen LogP contribution in [0.5, 0.6) is 0 Å². The van der Waals surface area contributed by atoms with Crippen LogP contribution in [-0.2, 0) is 9.59 Å². The van der Waals surface area contributed by atoms with Crippen LogP contribution in [0, 0.1) is 0 Å². The third-order valence-electron chi connectivity index (χ3n) is 3.67. The molecule has 0 atom stereocenters. The van der Waals surface area contributed by atoms with Crippen molar-refractivity contribution in [2.75, 3.05) is 6.54 Å². The van der Waals surface area contributed by atoms with Gasteiger partial charge in [0.1, 0.15) is 0 Å². The van der Waals surface area contributed by atoms with E-state index in [4.69, 9.17) is 5.11 Å². The normalized spacial score (nSPS) is 10.0. The first-order chi connectivity index (χ1) is 10.2. The van der Waals surface area contributed by atoms with E-state index in [-0.39, 0.29) is 48.4 Å². The average molecular weight is 322 g/mol. The number of carbonyl (C=O) groups is 2. The van der Waals surface area contributed by atoms with Crippen LogP contribution in [0.4, 0.5) is 0 Å². The summed E-state index contributed by atoms with van der Waals surface area (Å²) >= 11 is 0. The third kappa shape index (κ3) is 19.9. The molecule has 0 aromatic rings. The van der Waals surface area contributed by atoms with Crippen LogP contribution in [0.15, 0.2) is 0 Å². The minimum Gasteiger partial charge on any atom is -0.481 e. The maximum absolute atomic E-state index is 11.4. The molecule has 0 unspecified atom stereocenters. The zero-order valence-electron chi connectivity index (χ0n) is 14.7. The summed E-state index contributed by atoms with van der Waals surface area (Å²) < 4.78 is 0. The Hall–Kier alpha value is -0.0600. The van der Waals surface area contributed by atoms with E-state index in [1.807, 2.05) is 0 Å². The van der Waals surface area contributed by atoms with Gasteiger partial charge in [0, 0.05) is 42.5 Å². The molecule has 0 bridgehead atoms. The molecule has 0 fully saturated rings. The van der Waals surface area contributed by atoms with Gasteiger partial charge >= 0.3 is 5.97 Å². The van der Waals surface area contributed by atoms with Crippen LogP contribution in [0.3, 0.4) is 0 Å². The molecule has 0 aliphatic rings. The van der Waals surface area contributed by atoms with Crippen molar-refractivity contribution in [2.24, 2.45) is 0 Å². The van der Waals surface area contributed by atoms with Gasteiger partial charge in [-0.25, -0.2) is 0 Å². The van der Waals surface area contributed by atoms with Gasteiger partial charge in [0.15, 0.2) is 0 Å². The minimum atomic E-state index is -0.870. The van der Waals surface area contributed by atoms with Crippen LogP contribution in [0.25, 0.3) is 0 Å². The molecule has 0 spiro atoms. The van der Waals surface area contributed by atoms with E-state index >= 15 is 0 Å². The Morgan fingerprint density at radius 1 is 0.773 bits per heavy atom. The van der Waals surface area contributed by atoms with Crippen molar-refractivity contribution >= 4 is 41.4 Å². The van der Waals surface area contributed by atoms with Crippen molar-refractivity contribution in [3.63, 3.8) is 0 Å². The molecule has 0 rings (SSSR count). The van der Waals surface area contributed by atoms with E-state index in [1.54, 1.807) is 0 Å². The second-order valence-electron chi connectivity index (χ2n) is 5.78. The third-order valence-corrected chi connectivity index (χ3v) is 3.67. The topological polar surface area (TPSA) is 66.4 Å². The molecular formula is C17H33NNaO3. The molecule has 0 aliphatic carbocycles. The van der Waals surface area contributed by atoms with Gasteiger partial charge in [-0.1, -0.05) is 71.1 Å². The molecule has 0 saturated carbocycles. The molecule has 1 radical (unpaired) electrons. The first-order valence-corrected chi connectivity index (χ1v) is 8.65. The zero-order chi connectivity index (χ0) is 15.8. The summed E-state index contributed by atoms with van der Waals surface area (Å²) in [5.41, 5.74) is 0. The van der Waals surface area contributed by atoms with Crippen LogP contribution < -0.4 is 5.32 Å². The smallest absolute Gasteiger partial charge is 0.305 e. The van der Waals surface area contributed by atoms with Crippen LogP contribution in [-0.4, -0.2) is 53.1 Å². The van der Waals surface area contributed by atoms with Crippen molar-refractivity contribution in [3.8, 4) is 0 Å². The predicted molar refractivity (Wildman–Crippen MR) is 92.1 cm³/mol. The maximum atomic E-state index is 11.4. The number of carbonyl (C=O) groups excluding carboxylic acids is 1. The predicted octanol–water partition coefficient (Wildman–Crippen LogP) is 3.90. The van der Waals surface area contributed by atoms with E-state index in [9.17, 15) is 9.59 Å². The Kier molecular flexibility index (Phi) is 20.9. The van der Waals surface area contributed by atoms with Crippen molar-refractivity contribution in [2.45, 2.75) is 90.4 Å². The molecule has 2 N–H and O–H groups in total. The number of amides is 1. The summed E-state index contributed by atoms with van der Waals surface area (Å²) in [7, 11) is 0. The van der Waals surface area contributed by atoms with Gasteiger partial charge < -0.3 is 10.4 Å². The Labute approximate surface area is 158 Å². The van der Waals surface area contributed by atoms with Crippen molar-refractivity contribution in [1.82, 2.24) is 5.32 Å². The van der Waals surface area contributed by atoms with Crippen LogP contribution in [0.1, 0.15) is 90.4 Å². The van der Waals surface area contributed by atoms with Gasteiger partial charge in [-0.15, -0.1) is 0 Å². The Bertz CT molecular complexity index is 273. The van der Waals surface area contributed by atoms with Gasteiger partial charge in [0.2, 0.25) is 5.91 Å². The first-order valence-electron chi connectivity index (χ1n) is 8.65. The monoisotopic (exact) mass is 322 g/mol. The summed E-state index contributed by atoms with van der Waals surface area (Å²) in [6.45, 7) is 2.48. The second-order valence-corrected chi connectivity index (χ2v) is 5.78. The van der Waals surface area contributed by atoms with Gasteiger partial charge in [-0.05, 0) is 6.42 Å². The number of aliphatic carboxylic acids is 1. The maximum Gasteiger partial charge on any atom is 0.305 e. The van der Waals surface area contributed by atoms with Crippen molar-refractivity contribution in [3.05, 3.63) is 0 Å². The standard InChI is InChI=1S/C17H33NO3.Na/c1-2-3-4-5-6-7-8-9-10-11-12-13-16(19)18-15-14-17(20)21;/h2-15H2,1H3,(H,18,19)(H,20,21);. The molecule has 5 heteroatoms. The summed E-state index contributed by atoms with van der Waals surface area (Å²) in [5.74, 6) is -0.892. The summed E-state index contributed by atoms with van der Waals surface area (Å²) in [6.07, 6.45) is 14.5. The van der Waals surface area contributed by atoms with Gasteiger partial charge in [0.05, 0.1) is 6.42 Å². The number of rotatable bonds is 15. The molecule has 0 aliphatic heterocycles. The molecule has 22 heavy (non-hydrogen) atoms. The Morgan fingerprint density at radius 3 is 1.68 bits per heavy atom. The van der Waals surface area contributed by atoms with Crippen molar-refractivity contribution < 1.29 is 14.7 Å². The fourth-order valence-corrected chi connectivity index (χ4v) is 2.35. The van der Waals surface area contributed by atoms with E-state index in [2.05, 4.69) is 12.2 Å². The van der Waals surface area contributed by atoms with E-state index in [0.717, 1.165) is 12.8 Å². The number of carboxylic acid groups (broad SMARTS) is 1.